The number of nitrogens with one attached hydrogen (secondary N) is 1. The van der Waals surface area contributed by atoms with Gasteiger partial charge in [-0.2, -0.15) is 0 Å². The van der Waals surface area contributed by atoms with Gasteiger partial charge in [0.2, 0.25) is 0 Å². The Balaban J connectivity index is 2.05. The second-order valence-electron chi connectivity index (χ2n) is 7.21. The Bertz CT molecular complexity index is 558. The third kappa shape index (κ3) is 4.28. The molecule has 0 bridgehead atoms. The summed E-state index contributed by atoms with van der Waals surface area (Å²) in [7, 11) is 0. The SMILES string of the molecule is CCC(C)c1ccc(NC2=CC=C(C(C)(CC)CC)CC2)cc1. The van der Waals surface area contributed by atoms with Gasteiger partial charge in [0.25, 0.3) is 0 Å². The lowest BCUT2D eigenvalue weighted by Crippen LogP contribution is -2.19. The van der Waals surface area contributed by atoms with Crippen LogP contribution in [0.15, 0.2) is 47.7 Å². The van der Waals surface area contributed by atoms with Gasteiger partial charge in [0.05, 0.1) is 0 Å². The molecule has 0 aromatic heterocycles. The number of anilines is 1. The highest BCUT2D eigenvalue weighted by Crippen LogP contribution is 2.39. The van der Waals surface area contributed by atoms with Crippen LogP contribution in [-0.4, -0.2) is 0 Å². The lowest BCUT2D eigenvalue weighted by Gasteiger charge is -2.32. The molecular formula is C22H33N. The van der Waals surface area contributed by atoms with E-state index in [1.165, 1.54) is 42.6 Å². The van der Waals surface area contributed by atoms with Crippen LogP contribution < -0.4 is 5.32 Å². The largest absolute Gasteiger partial charge is 0.359 e. The summed E-state index contributed by atoms with van der Waals surface area (Å²) in [5, 5.41) is 3.59. The number of benzene rings is 1. The van der Waals surface area contributed by atoms with Crippen LogP contribution in [0.25, 0.3) is 0 Å². The Kier molecular flexibility index (Phi) is 6.10. The molecule has 23 heavy (non-hydrogen) atoms. The van der Waals surface area contributed by atoms with Crippen molar-refractivity contribution >= 4 is 5.69 Å². The Labute approximate surface area is 142 Å². The summed E-state index contributed by atoms with van der Waals surface area (Å²) in [6.07, 6.45) is 10.6. The van der Waals surface area contributed by atoms with Crippen molar-refractivity contribution in [3.63, 3.8) is 0 Å². The molecule has 1 heteroatoms. The summed E-state index contributed by atoms with van der Waals surface area (Å²) in [6, 6.07) is 8.94. The highest BCUT2D eigenvalue weighted by molar-refractivity contribution is 5.51. The molecule has 0 saturated heterocycles. The van der Waals surface area contributed by atoms with Crippen LogP contribution in [0.2, 0.25) is 0 Å². The van der Waals surface area contributed by atoms with E-state index in [-0.39, 0.29) is 0 Å². The third-order valence-electron chi connectivity index (χ3n) is 5.88. The fourth-order valence-corrected chi connectivity index (χ4v) is 3.26. The maximum Gasteiger partial charge on any atom is 0.0381 e. The maximum absolute atomic E-state index is 3.59. The summed E-state index contributed by atoms with van der Waals surface area (Å²) in [5.74, 6) is 0.643. The molecule has 0 amide bonds. The lowest BCUT2D eigenvalue weighted by atomic mass is 9.74. The van der Waals surface area contributed by atoms with Crippen molar-refractivity contribution < 1.29 is 0 Å². The molecule has 0 fully saturated rings. The van der Waals surface area contributed by atoms with E-state index in [2.05, 4.69) is 76.4 Å². The second kappa shape index (κ2) is 7.86. The van der Waals surface area contributed by atoms with Gasteiger partial charge < -0.3 is 5.32 Å². The molecule has 0 heterocycles. The maximum atomic E-state index is 3.59. The molecule has 1 nitrogen and oxygen atoms in total. The molecule has 0 radical (unpaired) electrons. The van der Waals surface area contributed by atoms with Crippen molar-refractivity contribution in [1.29, 1.82) is 0 Å². The fraction of sp³-hybridized carbons (Fsp3) is 0.545. The zero-order valence-corrected chi connectivity index (χ0v) is 15.6. The van der Waals surface area contributed by atoms with Gasteiger partial charge >= 0.3 is 0 Å². The van der Waals surface area contributed by atoms with Gasteiger partial charge in [-0.1, -0.05) is 58.4 Å². The molecule has 1 atom stereocenters. The minimum Gasteiger partial charge on any atom is -0.359 e. The van der Waals surface area contributed by atoms with Gasteiger partial charge in [0, 0.05) is 11.4 Å². The van der Waals surface area contributed by atoms with Gasteiger partial charge in [0.15, 0.2) is 0 Å². The predicted octanol–water partition coefficient (Wildman–Crippen LogP) is 7.04. The minimum absolute atomic E-state index is 0.375. The summed E-state index contributed by atoms with van der Waals surface area (Å²) < 4.78 is 0. The monoisotopic (exact) mass is 311 g/mol. The molecule has 1 N–H and O–H groups in total. The van der Waals surface area contributed by atoms with E-state index >= 15 is 0 Å². The van der Waals surface area contributed by atoms with Crippen molar-refractivity contribution in [2.24, 2.45) is 5.41 Å². The highest BCUT2D eigenvalue weighted by atomic mass is 14.9. The first-order valence-electron chi connectivity index (χ1n) is 9.29. The average Bonchev–Trinajstić information content (AvgIpc) is 2.61. The average molecular weight is 312 g/mol. The van der Waals surface area contributed by atoms with Crippen molar-refractivity contribution in [2.45, 2.75) is 72.6 Å². The smallest absolute Gasteiger partial charge is 0.0381 e. The van der Waals surface area contributed by atoms with E-state index in [4.69, 9.17) is 0 Å². The van der Waals surface area contributed by atoms with Gasteiger partial charge in [-0.25, -0.2) is 0 Å². The van der Waals surface area contributed by atoms with Crippen LogP contribution in [0.3, 0.4) is 0 Å². The van der Waals surface area contributed by atoms with E-state index in [9.17, 15) is 0 Å². The molecule has 126 valence electrons. The zero-order chi connectivity index (χ0) is 16.9. The first kappa shape index (κ1) is 17.8. The molecule has 0 saturated carbocycles. The molecule has 2 rings (SSSR count). The Morgan fingerprint density at radius 2 is 1.65 bits per heavy atom. The molecule has 0 aliphatic heterocycles. The topological polar surface area (TPSA) is 12.0 Å². The lowest BCUT2D eigenvalue weighted by molar-refractivity contribution is 0.354. The summed E-state index contributed by atoms with van der Waals surface area (Å²) in [4.78, 5) is 0. The number of allylic oxidation sites excluding steroid dienone is 4. The van der Waals surface area contributed by atoms with Gasteiger partial charge in [-0.3, -0.25) is 0 Å². The molecular weight excluding hydrogens is 278 g/mol. The number of hydrogen-bond donors (Lipinski definition) is 1. The Hall–Kier alpha value is -1.50. The second-order valence-corrected chi connectivity index (χ2v) is 7.21. The quantitative estimate of drug-likeness (QED) is 0.569. The van der Waals surface area contributed by atoms with Crippen LogP contribution in [0.1, 0.15) is 78.2 Å². The van der Waals surface area contributed by atoms with Crippen molar-refractivity contribution in [2.75, 3.05) is 5.32 Å². The molecule has 1 aliphatic rings. The summed E-state index contributed by atoms with van der Waals surface area (Å²) in [5.41, 5.74) is 5.95. The predicted molar refractivity (Wildman–Crippen MR) is 103 cm³/mol. The van der Waals surface area contributed by atoms with Crippen molar-refractivity contribution in [1.82, 2.24) is 0 Å². The van der Waals surface area contributed by atoms with E-state index < -0.39 is 0 Å². The normalized spacial score (nSPS) is 16.6. The third-order valence-corrected chi connectivity index (χ3v) is 5.88. The van der Waals surface area contributed by atoms with Crippen molar-refractivity contribution in [3.05, 3.63) is 53.3 Å². The van der Waals surface area contributed by atoms with Gasteiger partial charge in [0.1, 0.15) is 0 Å². The summed E-state index contributed by atoms with van der Waals surface area (Å²) in [6.45, 7) is 11.5. The Morgan fingerprint density at radius 3 is 2.13 bits per heavy atom. The highest BCUT2D eigenvalue weighted by Gasteiger charge is 2.25. The van der Waals surface area contributed by atoms with Gasteiger partial charge in [-0.05, 0) is 67.2 Å². The summed E-state index contributed by atoms with van der Waals surface area (Å²) >= 11 is 0. The number of rotatable bonds is 7. The van der Waals surface area contributed by atoms with E-state index in [0.29, 0.717) is 11.3 Å². The van der Waals surface area contributed by atoms with Crippen LogP contribution in [0, 0.1) is 5.41 Å². The fourth-order valence-electron chi connectivity index (χ4n) is 3.26. The zero-order valence-electron chi connectivity index (χ0n) is 15.6. The van der Waals surface area contributed by atoms with E-state index in [1.807, 2.05) is 0 Å². The van der Waals surface area contributed by atoms with E-state index in [0.717, 1.165) is 6.42 Å². The molecule has 1 aliphatic carbocycles. The van der Waals surface area contributed by atoms with Crippen molar-refractivity contribution in [3.8, 4) is 0 Å². The molecule has 0 spiro atoms. The Morgan fingerprint density at radius 1 is 1.00 bits per heavy atom. The number of hydrogen-bond acceptors (Lipinski definition) is 1. The standard InChI is InChI=1S/C22H33N/c1-6-17(4)18-9-13-20(14-10-18)23-21-15-11-19(12-16-21)22(5,7-2)8-3/h9-11,13-15,17,23H,6-8,12,16H2,1-5H3. The first-order chi connectivity index (χ1) is 11.0. The van der Waals surface area contributed by atoms with Crippen LogP contribution >= 0.6 is 0 Å². The molecule has 1 aromatic rings. The molecule has 1 unspecified atom stereocenters. The van der Waals surface area contributed by atoms with Crippen LogP contribution in [0.5, 0.6) is 0 Å². The van der Waals surface area contributed by atoms with Crippen LogP contribution in [0.4, 0.5) is 5.69 Å². The van der Waals surface area contributed by atoms with Crippen LogP contribution in [-0.2, 0) is 0 Å². The molecule has 1 aromatic carbocycles. The van der Waals surface area contributed by atoms with Gasteiger partial charge in [-0.15, -0.1) is 0 Å². The minimum atomic E-state index is 0.375. The first-order valence-corrected chi connectivity index (χ1v) is 9.29. The van der Waals surface area contributed by atoms with E-state index in [1.54, 1.807) is 5.57 Å².